The summed E-state index contributed by atoms with van der Waals surface area (Å²) in [5.41, 5.74) is 0.236. The van der Waals surface area contributed by atoms with E-state index in [9.17, 15) is 5.11 Å². The van der Waals surface area contributed by atoms with Crippen LogP contribution in [0.3, 0.4) is 0 Å². The second kappa shape index (κ2) is 7.05. The molecule has 3 nitrogen and oxygen atoms in total. The molecule has 1 saturated carbocycles. The molecule has 0 aromatic heterocycles. The number of rotatable bonds is 7. The summed E-state index contributed by atoms with van der Waals surface area (Å²) >= 11 is 0. The van der Waals surface area contributed by atoms with Crippen LogP contribution in [-0.4, -0.2) is 36.0 Å². The molecule has 2 unspecified atom stereocenters. The van der Waals surface area contributed by atoms with Crippen molar-refractivity contribution in [3.8, 4) is 0 Å². The summed E-state index contributed by atoms with van der Waals surface area (Å²) < 4.78 is 6.26. The molecule has 2 rings (SSSR count). The Labute approximate surface area is 118 Å². The standard InChI is InChI=1S/C16H31NO2/c1-3-13(4-2)15(18)12-17-11-14-7-10-16(19-14)8-5-6-9-16/h13-15,17-18H,3-12H2,1-2H3. The summed E-state index contributed by atoms with van der Waals surface area (Å²) in [4.78, 5) is 0. The van der Waals surface area contributed by atoms with Crippen LogP contribution in [0.1, 0.15) is 65.2 Å². The second-order valence-corrected chi connectivity index (χ2v) is 6.47. The maximum Gasteiger partial charge on any atom is 0.0708 e. The van der Waals surface area contributed by atoms with Gasteiger partial charge in [-0.1, -0.05) is 39.5 Å². The van der Waals surface area contributed by atoms with Gasteiger partial charge in [-0.15, -0.1) is 0 Å². The molecule has 3 heteroatoms. The Hall–Kier alpha value is -0.120. The van der Waals surface area contributed by atoms with Gasteiger partial charge in [0.05, 0.1) is 17.8 Å². The first-order valence-electron chi connectivity index (χ1n) is 8.25. The summed E-state index contributed by atoms with van der Waals surface area (Å²) in [6.45, 7) is 5.92. The van der Waals surface area contributed by atoms with Crippen molar-refractivity contribution >= 4 is 0 Å². The van der Waals surface area contributed by atoms with E-state index < -0.39 is 0 Å². The Bertz CT molecular complexity index is 259. The minimum Gasteiger partial charge on any atom is -0.392 e. The molecule has 2 atom stereocenters. The van der Waals surface area contributed by atoms with Crippen molar-refractivity contribution in [2.45, 2.75) is 83.0 Å². The SMILES string of the molecule is CCC(CC)C(O)CNCC1CCC2(CCCC2)O1. The monoisotopic (exact) mass is 269 g/mol. The molecule has 1 saturated heterocycles. The lowest BCUT2D eigenvalue weighted by molar-refractivity contribution is -0.0361. The minimum absolute atomic E-state index is 0.211. The van der Waals surface area contributed by atoms with Crippen molar-refractivity contribution in [3.05, 3.63) is 0 Å². The van der Waals surface area contributed by atoms with Gasteiger partial charge in [0.15, 0.2) is 0 Å². The third-order valence-corrected chi connectivity index (χ3v) is 5.17. The topological polar surface area (TPSA) is 41.5 Å². The molecular formula is C16H31NO2. The lowest BCUT2D eigenvalue weighted by Gasteiger charge is -2.25. The summed E-state index contributed by atoms with van der Waals surface area (Å²) in [7, 11) is 0. The molecule has 0 amide bonds. The smallest absolute Gasteiger partial charge is 0.0708 e. The zero-order valence-electron chi connectivity index (χ0n) is 12.7. The second-order valence-electron chi connectivity index (χ2n) is 6.47. The molecule has 0 aromatic rings. The van der Waals surface area contributed by atoms with Gasteiger partial charge in [-0.05, 0) is 31.6 Å². The van der Waals surface area contributed by atoms with E-state index in [1.54, 1.807) is 0 Å². The van der Waals surface area contributed by atoms with Crippen LogP contribution in [0.25, 0.3) is 0 Å². The van der Waals surface area contributed by atoms with Crippen LogP contribution < -0.4 is 5.32 Å². The van der Waals surface area contributed by atoms with E-state index in [-0.39, 0.29) is 11.7 Å². The van der Waals surface area contributed by atoms with Gasteiger partial charge in [-0.2, -0.15) is 0 Å². The van der Waals surface area contributed by atoms with Gasteiger partial charge in [-0.25, -0.2) is 0 Å². The predicted octanol–water partition coefficient (Wildman–Crippen LogP) is 2.86. The zero-order chi connectivity index (χ0) is 13.7. The molecule has 2 aliphatic rings. The molecule has 0 aromatic carbocycles. The van der Waals surface area contributed by atoms with Crippen LogP contribution in [0.5, 0.6) is 0 Å². The first-order valence-corrected chi connectivity index (χ1v) is 8.25. The van der Waals surface area contributed by atoms with E-state index in [1.807, 2.05) is 0 Å². The van der Waals surface area contributed by atoms with Crippen LogP contribution >= 0.6 is 0 Å². The fraction of sp³-hybridized carbons (Fsp3) is 1.00. The number of aliphatic hydroxyl groups is 1. The van der Waals surface area contributed by atoms with E-state index in [0.29, 0.717) is 18.6 Å². The third-order valence-electron chi connectivity index (χ3n) is 5.17. The Kier molecular flexibility index (Phi) is 5.67. The molecule has 1 spiro atoms. The van der Waals surface area contributed by atoms with Crippen LogP contribution in [0, 0.1) is 5.92 Å². The molecule has 19 heavy (non-hydrogen) atoms. The first-order chi connectivity index (χ1) is 9.19. The number of nitrogens with one attached hydrogen (secondary N) is 1. The molecule has 0 radical (unpaired) electrons. The van der Waals surface area contributed by atoms with Crippen LogP contribution in [0.15, 0.2) is 0 Å². The van der Waals surface area contributed by atoms with Crippen molar-refractivity contribution in [2.75, 3.05) is 13.1 Å². The molecule has 2 fully saturated rings. The summed E-state index contributed by atoms with van der Waals surface area (Å²) in [5, 5.41) is 13.5. The highest BCUT2D eigenvalue weighted by Crippen LogP contribution is 2.43. The average Bonchev–Trinajstić information content (AvgIpc) is 3.02. The highest BCUT2D eigenvalue weighted by atomic mass is 16.5. The quantitative estimate of drug-likeness (QED) is 0.747. The van der Waals surface area contributed by atoms with Gasteiger partial charge in [0.2, 0.25) is 0 Å². The predicted molar refractivity (Wildman–Crippen MR) is 78.3 cm³/mol. The zero-order valence-corrected chi connectivity index (χ0v) is 12.7. The van der Waals surface area contributed by atoms with Gasteiger partial charge < -0.3 is 15.2 Å². The van der Waals surface area contributed by atoms with Crippen molar-refractivity contribution in [3.63, 3.8) is 0 Å². The molecule has 1 aliphatic heterocycles. The van der Waals surface area contributed by atoms with Gasteiger partial charge in [0, 0.05) is 13.1 Å². The van der Waals surface area contributed by atoms with Crippen LogP contribution in [0.2, 0.25) is 0 Å². The Morgan fingerprint density at radius 3 is 2.53 bits per heavy atom. The fourth-order valence-corrected chi connectivity index (χ4v) is 3.82. The highest BCUT2D eigenvalue weighted by molar-refractivity contribution is 4.93. The third kappa shape index (κ3) is 3.93. The minimum atomic E-state index is -0.211. The molecule has 0 bridgehead atoms. The van der Waals surface area contributed by atoms with E-state index in [4.69, 9.17) is 4.74 Å². The van der Waals surface area contributed by atoms with Crippen molar-refractivity contribution < 1.29 is 9.84 Å². The number of hydrogen-bond donors (Lipinski definition) is 2. The van der Waals surface area contributed by atoms with Gasteiger partial charge in [-0.3, -0.25) is 0 Å². The lowest BCUT2D eigenvalue weighted by atomic mass is 9.96. The summed E-state index contributed by atoms with van der Waals surface area (Å²) in [5.74, 6) is 0.429. The number of ether oxygens (including phenoxy) is 1. The summed E-state index contributed by atoms with van der Waals surface area (Å²) in [6.07, 6.45) is 9.91. The van der Waals surface area contributed by atoms with Crippen LogP contribution in [0.4, 0.5) is 0 Å². The molecule has 1 aliphatic carbocycles. The molecule has 112 valence electrons. The fourth-order valence-electron chi connectivity index (χ4n) is 3.82. The Morgan fingerprint density at radius 2 is 1.89 bits per heavy atom. The number of aliphatic hydroxyl groups excluding tert-OH is 1. The largest absolute Gasteiger partial charge is 0.392 e. The Morgan fingerprint density at radius 1 is 1.21 bits per heavy atom. The number of hydrogen-bond acceptors (Lipinski definition) is 3. The summed E-state index contributed by atoms with van der Waals surface area (Å²) in [6, 6.07) is 0. The maximum atomic E-state index is 10.1. The lowest BCUT2D eigenvalue weighted by Crippen LogP contribution is -2.37. The average molecular weight is 269 g/mol. The van der Waals surface area contributed by atoms with E-state index >= 15 is 0 Å². The van der Waals surface area contributed by atoms with Crippen molar-refractivity contribution in [1.82, 2.24) is 5.32 Å². The van der Waals surface area contributed by atoms with Gasteiger partial charge in [0.1, 0.15) is 0 Å². The van der Waals surface area contributed by atoms with Crippen molar-refractivity contribution in [1.29, 1.82) is 0 Å². The Balaban J connectivity index is 1.64. The van der Waals surface area contributed by atoms with Crippen LogP contribution in [-0.2, 0) is 4.74 Å². The normalized spacial score (nSPS) is 27.5. The maximum absolute atomic E-state index is 10.1. The first kappa shape index (κ1) is 15.3. The van der Waals surface area contributed by atoms with E-state index in [0.717, 1.165) is 19.4 Å². The highest BCUT2D eigenvalue weighted by Gasteiger charge is 2.41. The van der Waals surface area contributed by atoms with Gasteiger partial charge in [0.25, 0.3) is 0 Å². The van der Waals surface area contributed by atoms with E-state index in [2.05, 4.69) is 19.2 Å². The van der Waals surface area contributed by atoms with Gasteiger partial charge >= 0.3 is 0 Å². The molecule has 2 N–H and O–H groups in total. The molecule has 1 heterocycles. The van der Waals surface area contributed by atoms with Crippen molar-refractivity contribution in [2.24, 2.45) is 5.92 Å². The van der Waals surface area contributed by atoms with E-state index in [1.165, 1.54) is 38.5 Å². The molecular weight excluding hydrogens is 238 g/mol.